The summed E-state index contributed by atoms with van der Waals surface area (Å²) < 4.78 is 3.24. The quantitative estimate of drug-likeness (QED) is 0.657. The number of hydrogen-bond donors (Lipinski definition) is 0. The van der Waals surface area contributed by atoms with Crippen molar-refractivity contribution in [1.82, 2.24) is 34.5 Å². The molecule has 9 heteroatoms. The molecule has 1 aliphatic carbocycles. The summed E-state index contributed by atoms with van der Waals surface area (Å²) in [5.41, 5.74) is 2.00. The van der Waals surface area contributed by atoms with Crippen molar-refractivity contribution in [3.8, 4) is 0 Å². The van der Waals surface area contributed by atoms with Crippen LogP contribution in [0.5, 0.6) is 0 Å². The topological polar surface area (TPSA) is 98.3 Å². The zero-order valence-electron chi connectivity index (χ0n) is 17.2. The van der Waals surface area contributed by atoms with Crippen molar-refractivity contribution in [3.63, 3.8) is 0 Å². The van der Waals surface area contributed by atoms with Crippen molar-refractivity contribution in [2.45, 2.75) is 57.4 Å². The smallest absolute Gasteiger partial charge is 0.274 e. The molecular formula is C21H25N7O2. The Bertz CT molecular complexity index is 1150. The lowest BCUT2D eigenvalue weighted by molar-refractivity contribution is 0.0701. The maximum Gasteiger partial charge on any atom is 0.274 e. The molecule has 1 saturated carbocycles. The fraction of sp³-hybridized carbons (Fsp3) is 0.524. The molecule has 0 N–H and O–H groups in total. The third-order valence-corrected chi connectivity index (χ3v) is 5.98. The first-order chi connectivity index (χ1) is 14.5. The fourth-order valence-electron chi connectivity index (χ4n) is 4.08. The summed E-state index contributed by atoms with van der Waals surface area (Å²) >= 11 is 0. The van der Waals surface area contributed by atoms with E-state index in [1.54, 1.807) is 4.90 Å². The molecule has 0 bridgehead atoms. The zero-order chi connectivity index (χ0) is 20.8. The number of amides is 1. The van der Waals surface area contributed by atoms with E-state index in [1.807, 2.05) is 24.4 Å². The van der Waals surface area contributed by atoms with Gasteiger partial charge < -0.3 is 4.90 Å². The van der Waals surface area contributed by atoms with Gasteiger partial charge in [0.15, 0.2) is 11.5 Å². The van der Waals surface area contributed by atoms with Crippen LogP contribution in [-0.2, 0) is 0 Å². The lowest BCUT2D eigenvalue weighted by Crippen LogP contribution is -2.39. The van der Waals surface area contributed by atoms with Crippen molar-refractivity contribution in [2.24, 2.45) is 0 Å². The number of likely N-dealkylation sites (tertiary alicyclic amines) is 1. The largest absolute Gasteiger partial charge is 0.337 e. The minimum atomic E-state index is -0.197. The summed E-state index contributed by atoms with van der Waals surface area (Å²) in [4.78, 5) is 26.6. The van der Waals surface area contributed by atoms with Crippen molar-refractivity contribution >= 4 is 11.6 Å². The number of carbonyl (C=O) groups excluding carboxylic acids is 1. The van der Waals surface area contributed by atoms with Gasteiger partial charge in [0, 0.05) is 31.0 Å². The number of aromatic nitrogens is 6. The van der Waals surface area contributed by atoms with Gasteiger partial charge in [0.05, 0.1) is 11.7 Å². The maximum atomic E-state index is 12.9. The van der Waals surface area contributed by atoms with Gasteiger partial charge in [-0.1, -0.05) is 0 Å². The van der Waals surface area contributed by atoms with E-state index in [2.05, 4.69) is 21.4 Å². The van der Waals surface area contributed by atoms with Crippen molar-refractivity contribution in [1.29, 1.82) is 0 Å². The van der Waals surface area contributed by atoms with E-state index in [9.17, 15) is 9.59 Å². The van der Waals surface area contributed by atoms with Crippen molar-refractivity contribution in [2.75, 3.05) is 13.1 Å². The molecule has 3 aromatic rings. The Morgan fingerprint density at radius 1 is 0.967 bits per heavy atom. The second kappa shape index (κ2) is 7.30. The van der Waals surface area contributed by atoms with Gasteiger partial charge in [-0.3, -0.25) is 9.59 Å². The summed E-state index contributed by atoms with van der Waals surface area (Å²) in [6.07, 6.45) is 4.00. The SMILES string of the molecule is CC(C)n1nc(C(=O)N2CCC(c3nnc4ccc(C5CC5)nn34)CC2)ccc1=O. The minimum absolute atomic E-state index is 0.0924. The molecule has 156 valence electrons. The van der Waals surface area contributed by atoms with Crippen LogP contribution in [0.3, 0.4) is 0 Å². The monoisotopic (exact) mass is 407 g/mol. The number of fused-ring (bicyclic) bond motifs is 1. The molecule has 2 aliphatic rings. The average Bonchev–Trinajstić information content (AvgIpc) is 3.53. The third kappa shape index (κ3) is 3.38. The minimum Gasteiger partial charge on any atom is -0.337 e. The van der Waals surface area contributed by atoms with E-state index in [-0.39, 0.29) is 23.4 Å². The number of rotatable bonds is 4. The van der Waals surface area contributed by atoms with Gasteiger partial charge in [-0.2, -0.15) is 14.7 Å². The molecule has 1 saturated heterocycles. The molecule has 0 spiro atoms. The van der Waals surface area contributed by atoms with Crippen LogP contribution in [0.15, 0.2) is 29.1 Å². The lowest BCUT2D eigenvalue weighted by Gasteiger charge is -2.31. The molecule has 9 nitrogen and oxygen atoms in total. The number of piperidine rings is 1. The van der Waals surface area contributed by atoms with Crippen LogP contribution >= 0.6 is 0 Å². The highest BCUT2D eigenvalue weighted by Crippen LogP contribution is 2.39. The number of nitrogens with zero attached hydrogens (tertiary/aromatic N) is 7. The molecular weight excluding hydrogens is 382 g/mol. The third-order valence-electron chi connectivity index (χ3n) is 5.98. The number of carbonyl (C=O) groups is 1. The van der Waals surface area contributed by atoms with Gasteiger partial charge in [-0.25, -0.2) is 4.68 Å². The highest BCUT2D eigenvalue weighted by molar-refractivity contribution is 5.92. The van der Waals surface area contributed by atoms with Gasteiger partial charge in [-0.15, -0.1) is 10.2 Å². The van der Waals surface area contributed by atoms with Gasteiger partial charge in [-0.05, 0) is 57.7 Å². The highest BCUT2D eigenvalue weighted by atomic mass is 16.2. The molecule has 4 heterocycles. The van der Waals surface area contributed by atoms with Crippen LogP contribution in [0.1, 0.15) is 79.4 Å². The Morgan fingerprint density at radius 2 is 1.73 bits per heavy atom. The summed E-state index contributed by atoms with van der Waals surface area (Å²) in [5.74, 6) is 1.53. The van der Waals surface area contributed by atoms with Crippen molar-refractivity contribution in [3.05, 3.63) is 51.8 Å². The van der Waals surface area contributed by atoms with Gasteiger partial charge in [0.25, 0.3) is 11.5 Å². The lowest BCUT2D eigenvalue weighted by atomic mass is 9.96. The molecule has 5 rings (SSSR count). The van der Waals surface area contributed by atoms with Gasteiger partial charge in [0.1, 0.15) is 5.69 Å². The summed E-state index contributed by atoms with van der Waals surface area (Å²) in [6, 6.07) is 6.88. The first-order valence-corrected chi connectivity index (χ1v) is 10.6. The maximum absolute atomic E-state index is 12.9. The standard InChI is InChI=1S/C21H25N7O2/c1-13(2)27-19(29)8-6-17(25-27)21(30)26-11-9-15(10-12-26)20-23-22-18-7-5-16(14-3-4-14)24-28(18)20/h5-8,13-15H,3-4,9-12H2,1-2H3. The van der Waals surface area contributed by atoms with Crippen LogP contribution < -0.4 is 5.56 Å². The van der Waals surface area contributed by atoms with Crippen LogP contribution in [0, 0.1) is 0 Å². The molecule has 2 fully saturated rings. The van der Waals surface area contributed by atoms with Crippen LogP contribution in [-0.4, -0.2) is 53.5 Å². The molecule has 0 aromatic carbocycles. The Hall–Kier alpha value is -3.10. The van der Waals surface area contributed by atoms with Gasteiger partial charge in [0.2, 0.25) is 0 Å². The Balaban J connectivity index is 1.31. The fourth-order valence-corrected chi connectivity index (χ4v) is 4.08. The van der Waals surface area contributed by atoms with E-state index >= 15 is 0 Å². The number of hydrogen-bond acceptors (Lipinski definition) is 6. The molecule has 0 radical (unpaired) electrons. The average molecular weight is 407 g/mol. The highest BCUT2D eigenvalue weighted by Gasteiger charge is 2.30. The summed E-state index contributed by atoms with van der Waals surface area (Å²) in [7, 11) is 0. The van der Waals surface area contributed by atoms with E-state index < -0.39 is 0 Å². The first-order valence-electron chi connectivity index (χ1n) is 10.6. The van der Waals surface area contributed by atoms with E-state index in [0.717, 1.165) is 30.0 Å². The van der Waals surface area contributed by atoms with Crippen molar-refractivity contribution < 1.29 is 4.79 Å². The van der Waals surface area contributed by atoms with E-state index in [4.69, 9.17) is 5.10 Å². The van der Waals surface area contributed by atoms with Gasteiger partial charge >= 0.3 is 0 Å². The van der Waals surface area contributed by atoms with Crippen LogP contribution in [0.25, 0.3) is 5.65 Å². The molecule has 30 heavy (non-hydrogen) atoms. The second-order valence-corrected chi connectivity index (χ2v) is 8.52. The second-order valence-electron chi connectivity index (χ2n) is 8.52. The molecule has 1 amide bonds. The molecule has 3 aromatic heterocycles. The molecule has 0 unspecified atom stereocenters. The molecule has 1 aliphatic heterocycles. The predicted molar refractivity (Wildman–Crippen MR) is 110 cm³/mol. The predicted octanol–water partition coefficient (Wildman–Crippen LogP) is 2.16. The summed E-state index contributed by atoms with van der Waals surface area (Å²) in [5, 5.41) is 17.7. The van der Waals surface area contributed by atoms with Crippen LogP contribution in [0.4, 0.5) is 0 Å². The molecule has 0 atom stereocenters. The van der Waals surface area contributed by atoms with E-state index in [0.29, 0.717) is 24.7 Å². The van der Waals surface area contributed by atoms with E-state index in [1.165, 1.54) is 29.7 Å². The Kier molecular flexibility index (Phi) is 4.60. The zero-order valence-corrected chi connectivity index (χ0v) is 17.2. The Labute approximate surface area is 173 Å². The first kappa shape index (κ1) is 18.9. The van der Waals surface area contributed by atoms with Crippen LogP contribution in [0.2, 0.25) is 0 Å². The summed E-state index contributed by atoms with van der Waals surface area (Å²) in [6.45, 7) is 4.98. The Morgan fingerprint density at radius 3 is 2.43 bits per heavy atom. The normalized spacial score (nSPS) is 17.8.